The zero-order valence-electron chi connectivity index (χ0n) is 11.1. The van der Waals surface area contributed by atoms with E-state index in [1.54, 1.807) is 6.07 Å². The molecule has 2 aromatic carbocycles. The Labute approximate surface area is 116 Å². The van der Waals surface area contributed by atoms with Crippen molar-refractivity contribution in [1.29, 1.82) is 0 Å². The Hall–Kier alpha value is -2.69. The highest BCUT2D eigenvalue weighted by Gasteiger charge is 2.09. The van der Waals surface area contributed by atoms with Crippen molar-refractivity contribution >= 4 is 11.6 Å². The maximum Gasteiger partial charge on any atom is 0.251 e. The number of amides is 1. The summed E-state index contributed by atoms with van der Waals surface area (Å²) in [5, 5.41) is 21.4. The number of nitrogen functional groups attached to an aromatic ring is 1. The molecular formula is C15H16N2O3. The van der Waals surface area contributed by atoms with Gasteiger partial charge in [0.15, 0.2) is 0 Å². The van der Waals surface area contributed by atoms with Crippen molar-refractivity contribution in [3.63, 3.8) is 0 Å². The molecule has 2 rings (SSSR count). The van der Waals surface area contributed by atoms with Gasteiger partial charge < -0.3 is 21.3 Å². The van der Waals surface area contributed by atoms with Gasteiger partial charge in [-0.25, -0.2) is 0 Å². The lowest BCUT2D eigenvalue weighted by Gasteiger charge is -2.10. The van der Waals surface area contributed by atoms with E-state index in [1.807, 2.05) is 19.1 Å². The van der Waals surface area contributed by atoms with E-state index in [4.69, 9.17) is 5.73 Å². The van der Waals surface area contributed by atoms with Gasteiger partial charge in [0.2, 0.25) is 0 Å². The third-order valence-electron chi connectivity index (χ3n) is 3.09. The summed E-state index contributed by atoms with van der Waals surface area (Å²) in [6.45, 7) is 2.21. The van der Waals surface area contributed by atoms with Crippen LogP contribution in [0.15, 0.2) is 36.4 Å². The highest BCUT2D eigenvalue weighted by molar-refractivity contribution is 5.95. The molecule has 0 aliphatic heterocycles. The van der Waals surface area contributed by atoms with Crippen LogP contribution in [0, 0.1) is 6.92 Å². The van der Waals surface area contributed by atoms with Crippen molar-refractivity contribution in [1.82, 2.24) is 5.32 Å². The number of nitrogens with two attached hydrogens (primary N) is 1. The van der Waals surface area contributed by atoms with E-state index in [1.165, 1.54) is 18.2 Å². The summed E-state index contributed by atoms with van der Waals surface area (Å²) < 4.78 is 0. The maximum absolute atomic E-state index is 12.0. The van der Waals surface area contributed by atoms with Crippen LogP contribution in [0.2, 0.25) is 0 Å². The van der Waals surface area contributed by atoms with Crippen molar-refractivity contribution in [3.8, 4) is 11.5 Å². The summed E-state index contributed by atoms with van der Waals surface area (Å²) in [6.07, 6.45) is 0. The lowest BCUT2D eigenvalue weighted by Crippen LogP contribution is -2.23. The molecule has 0 aliphatic rings. The van der Waals surface area contributed by atoms with Crippen molar-refractivity contribution < 1.29 is 15.0 Å². The lowest BCUT2D eigenvalue weighted by molar-refractivity contribution is 0.0950. The van der Waals surface area contributed by atoms with Crippen molar-refractivity contribution in [3.05, 3.63) is 53.1 Å². The standard InChI is InChI=1S/C15H16N2O3/c1-9-10(3-2-4-14(9)16)8-17-15(20)11-5-12(18)7-13(19)6-11/h2-7,18-19H,8,16H2,1H3,(H,17,20). The first-order valence-corrected chi connectivity index (χ1v) is 6.12. The minimum atomic E-state index is -0.377. The summed E-state index contributed by atoms with van der Waals surface area (Å²) in [5.74, 6) is -0.691. The Morgan fingerprint density at radius 2 is 1.85 bits per heavy atom. The van der Waals surface area contributed by atoms with Crippen molar-refractivity contribution in [2.24, 2.45) is 0 Å². The van der Waals surface area contributed by atoms with Gasteiger partial charge in [0.05, 0.1) is 0 Å². The second kappa shape index (κ2) is 5.52. The summed E-state index contributed by atoms with van der Waals surface area (Å²) in [6, 6.07) is 9.26. The second-order valence-corrected chi connectivity index (χ2v) is 4.55. The van der Waals surface area contributed by atoms with Gasteiger partial charge in [0.25, 0.3) is 5.91 Å². The quantitative estimate of drug-likeness (QED) is 0.642. The van der Waals surface area contributed by atoms with Crippen LogP contribution in [0.1, 0.15) is 21.5 Å². The molecule has 0 unspecified atom stereocenters. The van der Waals surface area contributed by atoms with E-state index in [9.17, 15) is 15.0 Å². The molecule has 0 aliphatic carbocycles. The van der Waals surface area contributed by atoms with Crippen molar-refractivity contribution in [2.75, 3.05) is 5.73 Å². The Bertz CT molecular complexity index is 633. The first kappa shape index (κ1) is 13.7. The van der Waals surface area contributed by atoms with Crippen LogP contribution in [-0.2, 0) is 6.54 Å². The largest absolute Gasteiger partial charge is 0.508 e. The molecule has 0 heterocycles. The summed E-state index contributed by atoms with van der Waals surface area (Å²) in [4.78, 5) is 12.0. The fourth-order valence-electron chi connectivity index (χ4n) is 1.90. The van der Waals surface area contributed by atoms with E-state index in [0.717, 1.165) is 11.1 Å². The van der Waals surface area contributed by atoms with Gasteiger partial charge in [-0.15, -0.1) is 0 Å². The van der Waals surface area contributed by atoms with E-state index >= 15 is 0 Å². The number of phenols is 2. The summed E-state index contributed by atoms with van der Waals surface area (Å²) in [7, 11) is 0. The highest BCUT2D eigenvalue weighted by atomic mass is 16.3. The van der Waals surface area contributed by atoms with Gasteiger partial charge in [-0.3, -0.25) is 4.79 Å². The van der Waals surface area contributed by atoms with Crippen LogP contribution in [0.5, 0.6) is 11.5 Å². The zero-order chi connectivity index (χ0) is 14.7. The first-order valence-electron chi connectivity index (χ1n) is 6.12. The predicted molar refractivity (Wildman–Crippen MR) is 76.5 cm³/mol. The van der Waals surface area contributed by atoms with E-state index in [-0.39, 0.29) is 23.0 Å². The molecule has 2 aromatic rings. The van der Waals surface area contributed by atoms with Crippen LogP contribution < -0.4 is 11.1 Å². The summed E-state index contributed by atoms with van der Waals surface area (Å²) >= 11 is 0. The molecule has 0 bridgehead atoms. The molecule has 0 radical (unpaired) electrons. The third-order valence-corrected chi connectivity index (χ3v) is 3.09. The van der Waals surface area contributed by atoms with Gasteiger partial charge >= 0.3 is 0 Å². The molecule has 0 fully saturated rings. The molecule has 20 heavy (non-hydrogen) atoms. The monoisotopic (exact) mass is 272 g/mol. The molecule has 0 aromatic heterocycles. The Balaban J connectivity index is 2.10. The van der Waals surface area contributed by atoms with Gasteiger partial charge in [-0.2, -0.15) is 0 Å². The Morgan fingerprint density at radius 1 is 1.20 bits per heavy atom. The molecule has 0 saturated heterocycles. The molecule has 5 heteroatoms. The second-order valence-electron chi connectivity index (χ2n) is 4.55. The van der Waals surface area contributed by atoms with Crippen LogP contribution in [0.3, 0.4) is 0 Å². The maximum atomic E-state index is 12.0. The van der Waals surface area contributed by atoms with Gasteiger partial charge in [0.1, 0.15) is 11.5 Å². The van der Waals surface area contributed by atoms with Crippen LogP contribution in [0.25, 0.3) is 0 Å². The zero-order valence-corrected chi connectivity index (χ0v) is 11.1. The van der Waals surface area contributed by atoms with Crippen LogP contribution >= 0.6 is 0 Å². The fourth-order valence-corrected chi connectivity index (χ4v) is 1.90. The number of rotatable bonds is 3. The topological polar surface area (TPSA) is 95.6 Å². The molecule has 0 atom stereocenters. The minimum Gasteiger partial charge on any atom is -0.508 e. The van der Waals surface area contributed by atoms with Gasteiger partial charge in [-0.05, 0) is 36.2 Å². The third kappa shape index (κ3) is 3.00. The normalized spacial score (nSPS) is 10.2. The number of benzene rings is 2. The molecule has 104 valence electrons. The fraction of sp³-hybridized carbons (Fsp3) is 0.133. The van der Waals surface area contributed by atoms with E-state index < -0.39 is 0 Å². The molecule has 5 nitrogen and oxygen atoms in total. The SMILES string of the molecule is Cc1c(N)cccc1CNC(=O)c1cc(O)cc(O)c1. The molecule has 1 amide bonds. The van der Waals surface area contributed by atoms with Crippen LogP contribution in [0.4, 0.5) is 5.69 Å². The number of hydrogen-bond donors (Lipinski definition) is 4. The van der Waals surface area contributed by atoms with Crippen molar-refractivity contribution in [2.45, 2.75) is 13.5 Å². The smallest absolute Gasteiger partial charge is 0.251 e. The van der Waals surface area contributed by atoms with Gasteiger partial charge in [-0.1, -0.05) is 12.1 Å². The van der Waals surface area contributed by atoms with E-state index in [2.05, 4.69) is 5.32 Å². The number of anilines is 1. The summed E-state index contributed by atoms with van der Waals surface area (Å²) in [5.41, 5.74) is 8.51. The molecule has 0 spiro atoms. The number of hydrogen-bond acceptors (Lipinski definition) is 4. The Morgan fingerprint density at radius 3 is 2.50 bits per heavy atom. The minimum absolute atomic E-state index is 0.157. The predicted octanol–water partition coefficient (Wildman–Crippen LogP) is 1.92. The number of aromatic hydroxyl groups is 2. The number of carbonyl (C=O) groups excluding carboxylic acids is 1. The van der Waals surface area contributed by atoms with Gasteiger partial charge in [0, 0.05) is 23.9 Å². The average molecular weight is 272 g/mol. The number of phenolic OH excluding ortho intramolecular Hbond substituents is 2. The first-order chi connectivity index (χ1) is 9.47. The molecule has 5 N–H and O–H groups in total. The van der Waals surface area contributed by atoms with Crippen LogP contribution in [-0.4, -0.2) is 16.1 Å². The lowest BCUT2D eigenvalue weighted by atomic mass is 10.1. The van der Waals surface area contributed by atoms with E-state index in [0.29, 0.717) is 12.2 Å². The highest BCUT2D eigenvalue weighted by Crippen LogP contribution is 2.20. The molecular weight excluding hydrogens is 256 g/mol. The average Bonchev–Trinajstić information content (AvgIpc) is 2.39. The Kier molecular flexibility index (Phi) is 3.79. The number of carbonyl (C=O) groups is 1. The molecule has 0 saturated carbocycles. The number of nitrogens with one attached hydrogen (secondary N) is 1.